The fraction of sp³-hybridized carbons (Fsp3) is 0.0769. The van der Waals surface area contributed by atoms with Crippen molar-refractivity contribution in [1.82, 2.24) is 0 Å². The number of hydrogen-bond acceptors (Lipinski definition) is 2. The number of benzene rings is 2. The number of hydrogen-bond donors (Lipinski definition) is 1. The Morgan fingerprint density at radius 2 is 1.83 bits per heavy atom. The number of halogens is 3. The molecule has 0 radical (unpaired) electrons. The number of rotatable bonds is 2. The fourth-order valence-electron chi connectivity index (χ4n) is 1.45. The molecule has 0 unspecified atom stereocenters. The van der Waals surface area contributed by atoms with Crippen LogP contribution in [0.4, 0.5) is 14.5 Å². The maximum atomic E-state index is 13.2. The van der Waals surface area contributed by atoms with E-state index in [1.54, 1.807) is 18.2 Å². The monoisotopic (exact) mass is 269 g/mol. The van der Waals surface area contributed by atoms with Crippen molar-refractivity contribution >= 4 is 17.3 Å². The van der Waals surface area contributed by atoms with Gasteiger partial charge in [-0.15, -0.1) is 0 Å². The second-order valence-corrected chi connectivity index (χ2v) is 4.24. The van der Waals surface area contributed by atoms with Gasteiger partial charge in [-0.25, -0.2) is 8.78 Å². The topological polar surface area (TPSA) is 35.2 Å². The summed E-state index contributed by atoms with van der Waals surface area (Å²) in [5, 5.41) is 0.338. The molecule has 2 N–H and O–H groups in total. The smallest absolute Gasteiger partial charge is 0.156 e. The van der Waals surface area contributed by atoms with Gasteiger partial charge < -0.3 is 10.5 Å². The molecule has 0 aromatic heterocycles. The zero-order valence-electron chi connectivity index (χ0n) is 9.51. The quantitative estimate of drug-likeness (QED) is 0.825. The molecule has 94 valence electrons. The first-order chi connectivity index (χ1) is 8.47. The molecule has 0 atom stereocenters. The SMILES string of the molecule is Cc1ccc(Cl)c(Oc2cc(F)cc(F)c2N)c1. The number of nitrogens with two attached hydrogens (primary N) is 1. The summed E-state index contributed by atoms with van der Waals surface area (Å²) in [6, 6.07) is 6.80. The van der Waals surface area contributed by atoms with Crippen LogP contribution in [0, 0.1) is 18.6 Å². The molecule has 0 heterocycles. The summed E-state index contributed by atoms with van der Waals surface area (Å²) in [5.41, 5.74) is 6.13. The molecule has 0 bridgehead atoms. The second-order valence-electron chi connectivity index (χ2n) is 3.84. The number of ether oxygens (including phenoxy) is 1. The Bertz CT molecular complexity index is 602. The highest BCUT2D eigenvalue weighted by molar-refractivity contribution is 6.32. The van der Waals surface area contributed by atoms with Gasteiger partial charge in [0.05, 0.1) is 5.02 Å². The Hall–Kier alpha value is -1.81. The minimum absolute atomic E-state index is 0.0972. The van der Waals surface area contributed by atoms with Gasteiger partial charge in [0.2, 0.25) is 0 Å². The van der Waals surface area contributed by atoms with Crippen LogP contribution in [0.5, 0.6) is 11.5 Å². The van der Waals surface area contributed by atoms with Crippen LogP contribution in [0.3, 0.4) is 0 Å². The third-order valence-corrected chi connectivity index (χ3v) is 2.68. The van der Waals surface area contributed by atoms with E-state index < -0.39 is 11.6 Å². The van der Waals surface area contributed by atoms with E-state index in [1.165, 1.54) is 0 Å². The highest BCUT2D eigenvalue weighted by Gasteiger charge is 2.12. The van der Waals surface area contributed by atoms with Crippen molar-refractivity contribution in [3.63, 3.8) is 0 Å². The summed E-state index contributed by atoms with van der Waals surface area (Å²) in [5.74, 6) is -1.43. The van der Waals surface area contributed by atoms with Crippen molar-refractivity contribution in [3.8, 4) is 11.5 Å². The zero-order chi connectivity index (χ0) is 13.3. The van der Waals surface area contributed by atoms with Gasteiger partial charge in [-0.1, -0.05) is 17.7 Å². The molecular formula is C13H10ClF2NO. The minimum atomic E-state index is -0.867. The Labute approximate surface area is 108 Å². The van der Waals surface area contributed by atoms with E-state index in [9.17, 15) is 8.78 Å². The minimum Gasteiger partial charge on any atom is -0.453 e. The van der Waals surface area contributed by atoms with E-state index in [-0.39, 0.29) is 11.4 Å². The van der Waals surface area contributed by atoms with Crippen molar-refractivity contribution in [1.29, 1.82) is 0 Å². The molecule has 0 aliphatic rings. The van der Waals surface area contributed by atoms with E-state index in [2.05, 4.69) is 0 Å². The predicted octanol–water partition coefficient (Wildman–Crippen LogP) is 4.30. The Balaban J connectivity index is 2.43. The number of aryl methyl sites for hydroxylation is 1. The lowest BCUT2D eigenvalue weighted by molar-refractivity contribution is 0.472. The van der Waals surface area contributed by atoms with E-state index in [0.29, 0.717) is 16.8 Å². The second kappa shape index (κ2) is 4.82. The standard InChI is InChI=1S/C13H10ClF2NO/c1-7-2-3-9(14)11(4-7)18-12-6-8(15)5-10(16)13(12)17/h2-6H,17H2,1H3. The molecule has 5 heteroatoms. The molecule has 0 spiro atoms. The lowest BCUT2D eigenvalue weighted by Crippen LogP contribution is -1.97. The number of nitrogen functional groups attached to an aromatic ring is 1. The van der Waals surface area contributed by atoms with Gasteiger partial charge in [0, 0.05) is 12.1 Å². The molecule has 0 saturated carbocycles. The average Bonchev–Trinajstić information content (AvgIpc) is 2.30. The summed E-state index contributed by atoms with van der Waals surface area (Å²) in [6.07, 6.45) is 0. The van der Waals surface area contributed by atoms with Gasteiger partial charge in [-0.05, 0) is 24.6 Å². The first-order valence-corrected chi connectivity index (χ1v) is 5.53. The lowest BCUT2D eigenvalue weighted by atomic mass is 10.2. The Kier molecular flexibility index (Phi) is 3.39. The molecule has 0 aliphatic carbocycles. The van der Waals surface area contributed by atoms with Gasteiger partial charge in [-0.2, -0.15) is 0 Å². The first-order valence-electron chi connectivity index (χ1n) is 5.16. The maximum Gasteiger partial charge on any atom is 0.156 e. The highest BCUT2D eigenvalue weighted by atomic mass is 35.5. The van der Waals surface area contributed by atoms with Crippen LogP contribution in [0.1, 0.15) is 5.56 Å². The van der Waals surface area contributed by atoms with Gasteiger partial charge in [-0.3, -0.25) is 0 Å². The molecule has 0 amide bonds. The van der Waals surface area contributed by atoms with Gasteiger partial charge >= 0.3 is 0 Å². The van der Waals surface area contributed by atoms with Crippen molar-refractivity contribution in [2.45, 2.75) is 6.92 Å². The van der Waals surface area contributed by atoms with E-state index in [1.807, 2.05) is 6.92 Å². The highest BCUT2D eigenvalue weighted by Crippen LogP contribution is 2.34. The van der Waals surface area contributed by atoms with Crippen LogP contribution in [0.25, 0.3) is 0 Å². The molecule has 0 saturated heterocycles. The largest absolute Gasteiger partial charge is 0.453 e. The third kappa shape index (κ3) is 2.54. The van der Waals surface area contributed by atoms with Crippen molar-refractivity contribution in [2.75, 3.05) is 5.73 Å². The van der Waals surface area contributed by atoms with Crippen molar-refractivity contribution in [2.24, 2.45) is 0 Å². The number of anilines is 1. The van der Waals surface area contributed by atoms with Crippen molar-refractivity contribution in [3.05, 3.63) is 52.6 Å². The molecule has 0 aliphatic heterocycles. The van der Waals surface area contributed by atoms with E-state index in [4.69, 9.17) is 22.1 Å². The molecule has 18 heavy (non-hydrogen) atoms. The summed E-state index contributed by atoms with van der Waals surface area (Å²) < 4.78 is 31.7. The molecule has 0 fully saturated rings. The molecule has 2 nitrogen and oxygen atoms in total. The van der Waals surface area contributed by atoms with Crippen LogP contribution < -0.4 is 10.5 Å². The summed E-state index contributed by atoms with van der Waals surface area (Å²) in [6.45, 7) is 1.85. The normalized spacial score (nSPS) is 10.4. The van der Waals surface area contributed by atoms with Crippen molar-refractivity contribution < 1.29 is 13.5 Å². The van der Waals surface area contributed by atoms with Crippen LogP contribution in [0.2, 0.25) is 5.02 Å². The van der Waals surface area contributed by atoms with Gasteiger partial charge in [0.1, 0.15) is 17.3 Å². The van der Waals surface area contributed by atoms with E-state index >= 15 is 0 Å². The third-order valence-electron chi connectivity index (χ3n) is 2.36. The summed E-state index contributed by atoms with van der Waals surface area (Å²) in [7, 11) is 0. The predicted molar refractivity (Wildman–Crippen MR) is 67.0 cm³/mol. The van der Waals surface area contributed by atoms with Gasteiger partial charge in [0.25, 0.3) is 0 Å². The Morgan fingerprint density at radius 1 is 1.11 bits per heavy atom. The molecule has 2 aromatic rings. The molecule has 2 rings (SSSR count). The Morgan fingerprint density at radius 3 is 2.56 bits per heavy atom. The summed E-state index contributed by atoms with van der Waals surface area (Å²) >= 11 is 5.92. The van der Waals surface area contributed by atoms with Crippen LogP contribution in [0.15, 0.2) is 30.3 Å². The molecular weight excluding hydrogens is 260 g/mol. The lowest BCUT2D eigenvalue weighted by Gasteiger charge is -2.11. The van der Waals surface area contributed by atoms with Crippen LogP contribution in [-0.4, -0.2) is 0 Å². The first kappa shape index (κ1) is 12.6. The van der Waals surface area contributed by atoms with Crippen LogP contribution in [-0.2, 0) is 0 Å². The fourth-order valence-corrected chi connectivity index (χ4v) is 1.61. The van der Waals surface area contributed by atoms with Crippen LogP contribution >= 0.6 is 11.6 Å². The summed E-state index contributed by atoms with van der Waals surface area (Å²) in [4.78, 5) is 0. The maximum absolute atomic E-state index is 13.2. The zero-order valence-corrected chi connectivity index (χ0v) is 10.3. The average molecular weight is 270 g/mol. The molecule has 2 aromatic carbocycles. The van der Waals surface area contributed by atoms with E-state index in [0.717, 1.165) is 11.6 Å². The van der Waals surface area contributed by atoms with Gasteiger partial charge in [0.15, 0.2) is 11.6 Å².